The number of amides is 1. The Kier molecular flexibility index (Phi) is 6.69. The van der Waals surface area contributed by atoms with Gasteiger partial charge in [0.05, 0.1) is 25.9 Å². The molecule has 2 aromatic rings. The minimum Gasteiger partial charge on any atom is -0.496 e. The molecule has 5 heteroatoms. The highest BCUT2D eigenvalue weighted by Crippen LogP contribution is 2.26. The van der Waals surface area contributed by atoms with E-state index >= 15 is 0 Å². The fourth-order valence-corrected chi connectivity index (χ4v) is 3.72. The molecular weight excluding hydrogens is 340 g/mol. The Morgan fingerprint density at radius 2 is 1.85 bits per heavy atom. The number of morpholine rings is 1. The predicted octanol–water partition coefficient (Wildman–Crippen LogP) is 3.33. The zero-order chi connectivity index (χ0) is 19.2. The number of fused-ring (bicyclic) bond motifs is 1. The number of carbonyl (C=O) groups is 1. The first-order valence-corrected chi connectivity index (χ1v) is 9.75. The first-order valence-electron chi connectivity index (χ1n) is 9.75. The van der Waals surface area contributed by atoms with E-state index < -0.39 is 0 Å². The van der Waals surface area contributed by atoms with E-state index in [9.17, 15) is 4.79 Å². The number of benzene rings is 2. The van der Waals surface area contributed by atoms with Crippen molar-refractivity contribution in [3.63, 3.8) is 0 Å². The van der Waals surface area contributed by atoms with Crippen molar-refractivity contribution in [2.45, 2.75) is 26.3 Å². The standard InChI is InChI=1S/C22H30N2O3/c1-16(2)12-19(24-8-10-27-11-9-24)15-23-22(25)20-13-17-6-4-5-7-18(17)14-21(20)26-3/h4-7,13-14,16,19H,8-12,15H2,1-3H3,(H,23,25). The molecule has 5 nitrogen and oxygen atoms in total. The normalized spacial score (nSPS) is 16.4. The second-order valence-corrected chi connectivity index (χ2v) is 7.54. The van der Waals surface area contributed by atoms with Crippen LogP contribution in [0.25, 0.3) is 10.8 Å². The number of carbonyl (C=O) groups excluding carboxylic acids is 1. The minimum atomic E-state index is -0.0837. The molecular formula is C22H30N2O3. The van der Waals surface area contributed by atoms with Crippen molar-refractivity contribution in [2.75, 3.05) is 40.0 Å². The van der Waals surface area contributed by atoms with Crippen LogP contribution in [0.3, 0.4) is 0 Å². The zero-order valence-electron chi connectivity index (χ0n) is 16.5. The molecule has 146 valence electrons. The zero-order valence-corrected chi connectivity index (χ0v) is 16.5. The molecule has 1 amide bonds. The summed E-state index contributed by atoms with van der Waals surface area (Å²) in [7, 11) is 1.61. The van der Waals surface area contributed by atoms with Gasteiger partial charge in [0.15, 0.2) is 0 Å². The highest BCUT2D eigenvalue weighted by atomic mass is 16.5. The Labute approximate surface area is 161 Å². The highest BCUT2D eigenvalue weighted by Gasteiger charge is 2.23. The topological polar surface area (TPSA) is 50.8 Å². The number of rotatable bonds is 7. The van der Waals surface area contributed by atoms with Crippen molar-refractivity contribution >= 4 is 16.7 Å². The van der Waals surface area contributed by atoms with Gasteiger partial charge in [0.25, 0.3) is 5.91 Å². The van der Waals surface area contributed by atoms with Gasteiger partial charge in [-0.15, -0.1) is 0 Å². The maximum absolute atomic E-state index is 12.9. The van der Waals surface area contributed by atoms with Crippen LogP contribution in [0.15, 0.2) is 36.4 Å². The molecule has 27 heavy (non-hydrogen) atoms. The largest absolute Gasteiger partial charge is 0.496 e. The van der Waals surface area contributed by atoms with E-state index in [0.717, 1.165) is 43.5 Å². The lowest BCUT2D eigenvalue weighted by molar-refractivity contribution is 0.0124. The Morgan fingerprint density at radius 1 is 1.19 bits per heavy atom. The Balaban J connectivity index is 1.73. The fourth-order valence-electron chi connectivity index (χ4n) is 3.72. The molecule has 1 fully saturated rings. The fraction of sp³-hybridized carbons (Fsp3) is 0.500. The van der Waals surface area contributed by atoms with Gasteiger partial charge in [0.1, 0.15) is 5.75 Å². The lowest BCUT2D eigenvalue weighted by Crippen LogP contribution is -2.49. The summed E-state index contributed by atoms with van der Waals surface area (Å²) in [5, 5.41) is 5.24. The molecule has 2 aromatic carbocycles. The van der Waals surface area contributed by atoms with E-state index in [4.69, 9.17) is 9.47 Å². The van der Waals surface area contributed by atoms with Crippen molar-refractivity contribution in [3.05, 3.63) is 42.0 Å². The summed E-state index contributed by atoms with van der Waals surface area (Å²) in [5.41, 5.74) is 0.585. The third-order valence-corrected chi connectivity index (χ3v) is 5.12. The minimum absolute atomic E-state index is 0.0837. The van der Waals surface area contributed by atoms with Gasteiger partial charge in [0.2, 0.25) is 0 Å². The molecule has 0 aliphatic carbocycles. The van der Waals surface area contributed by atoms with E-state index in [-0.39, 0.29) is 5.91 Å². The van der Waals surface area contributed by atoms with Gasteiger partial charge in [-0.3, -0.25) is 9.69 Å². The molecule has 0 radical (unpaired) electrons. The van der Waals surface area contributed by atoms with E-state index in [1.165, 1.54) is 0 Å². The molecule has 0 aromatic heterocycles. The van der Waals surface area contributed by atoms with Crippen LogP contribution in [0.4, 0.5) is 0 Å². The molecule has 0 saturated carbocycles. The maximum atomic E-state index is 12.9. The van der Waals surface area contributed by atoms with Gasteiger partial charge in [0, 0.05) is 25.7 Å². The smallest absolute Gasteiger partial charge is 0.255 e. The Bertz CT molecular complexity index is 769. The highest BCUT2D eigenvalue weighted by molar-refractivity contribution is 6.01. The van der Waals surface area contributed by atoms with Gasteiger partial charge >= 0.3 is 0 Å². The van der Waals surface area contributed by atoms with Crippen LogP contribution in [-0.2, 0) is 4.74 Å². The van der Waals surface area contributed by atoms with Crippen molar-refractivity contribution in [3.8, 4) is 5.75 Å². The summed E-state index contributed by atoms with van der Waals surface area (Å²) in [6.45, 7) is 8.46. The molecule has 1 saturated heterocycles. The quantitative estimate of drug-likeness (QED) is 0.812. The lowest BCUT2D eigenvalue weighted by atomic mass is 10.0. The molecule has 1 atom stereocenters. The third-order valence-electron chi connectivity index (χ3n) is 5.12. The Morgan fingerprint density at radius 3 is 2.48 bits per heavy atom. The van der Waals surface area contributed by atoms with Crippen molar-refractivity contribution in [2.24, 2.45) is 5.92 Å². The number of methoxy groups -OCH3 is 1. The number of hydrogen-bond donors (Lipinski definition) is 1. The van der Waals surface area contributed by atoms with Crippen LogP contribution in [0.2, 0.25) is 0 Å². The van der Waals surface area contributed by atoms with Crippen molar-refractivity contribution in [1.29, 1.82) is 0 Å². The first kappa shape index (κ1) is 19.6. The number of ether oxygens (including phenoxy) is 2. The van der Waals surface area contributed by atoms with Crippen LogP contribution in [0.5, 0.6) is 5.75 Å². The van der Waals surface area contributed by atoms with E-state index in [2.05, 4.69) is 24.1 Å². The van der Waals surface area contributed by atoms with Gasteiger partial charge in [-0.1, -0.05) is 38.1 Å². The third kappa shape index (κ3) is 4.99. The number of nitrogens with zero attached hydrogens (tertiary/aromatic N) is 1. The molecule has 3 rings (SSSR count). The van der Waals surface area contributed by atoms with Crippen LogP contribution in [-0.4, -0.2) is 56.8 Å². The molecule has 1 heterocycles. The first-order chi connectivity index (χ1) is 13.1. The van der Waals surface area contributed by atoms with Crippen molar-refractivity contribution < 1.29 is 14.3 Å². The molecule has 1 aliphatic heterocycles. The van der Waals surface area contributed by atoms with Crippen LogP contribution in [0, 0.1) is 5.92 Å². The molecule has 0 bridgehead atoms. The molecule has 1 aliphatic rings. The van der Waals surface area contributed by atoms with Crippen LogP contribution >= 0.6 is 0 Å². The van der Waals surface area contributed by atoms with E-state index in [1.807, 2.05) is 36.4 Å². The van der Waals surface area contributed by atoms with E-state index in [1.54, 1.807) is 7.11 Å². The second kappa shape index (κ2) is 9.20. The monoisotopic (exact) mass is 370 g/mol. The summed E-state index contributed by atoms with van der Waals surface area (Å²) in [6.07, 6.45) is 1.05. The molecule has 0 spiro atoms. The lowest BCUT2D eigenvalue weighted by Gasteiger charge is -2.35. The maximum Gasteiger partial charge on any atom is 0.255 e. The SMILES string of the molecule is COc1cc2ccccc2cc1C(=O)NCC(CC(C)C)N1CCOCC1. The van der Waals surface area contributed by atoms with Crippen LogP contribution < -0.4 is 10.1 Å². The number of nitrogens with one attached hydrogen (secondary N) is 1. The average molecular weight is 370 g/mol. The van der Waals surface area contributed by atoms with Gasteiger partial charge in [-0.05, 0) is 35.2 Å². The van der Waals surface area contributed by atoms with E-state index in [0.29, 0.717) is 29.8 Å². The summed E-state index contributed by atoms with van der Waals surface area (Å²) in [5.74, 6) is 1.10. The molecule has 1 N–H and O–H groups in total. The van der Waals surface area contributed by atoms with Crippen molar-refractivity contribution in [1.82, 2.24) is 10.2 Å². The summed E-state index contributed by atoms with van der Waals surface area (Å²) < 4.78 is 10.9. The predicted molar refractivity (Wildman–Crippen MR) is 108 cm³/mol. The summed E-state index contributed by atoms with van der Waals surface area (Å²) in [6, 6.07) is 12.2. The van der Waals surface area contributed by atoms with Gasteiger partial charge in [-0.25, -0.2) is 0 Å². The second-order valence-electron chi connectivity index (χ2n) is 7.54. The average Bonchev–Trinajstić information content (AvgIpc) is 2.70. The van der Waals surface area contributed by atoms with Gasteiger partial charge < -0.3 is 14.8 Å². The number of hydrogen-bond acceptors (Lipinski definition) is 4. The summed E-state index contributed by atoms with van der Waals surface area (Å²) in [4.78, 5) is 15.3. The van der Waals surface area contributed by atoms with Gasteiger partial charge in [-0.2, -0.15) is 0 Å². The van der Waals surface area contributed by atoms with Crippen LogP contribution in [0.1, 0.15) is 30.6 Å². The molecule has 1 unspecified atom stereocenters. The summed E-state index contributed by atoms with van der Waals surface area (Å²) >= 11 is 0. The Hall–Kier alpha value is -2.11.